The number of carbonyl (C=O) groups excluding carboxylic acids is 1. The molecule has 110 valence electrons. The number of hydrogen-bond donors (Lipinski definition) is 2. The van der Waals surface area contributed by atoms with Gasteiger partial charge in [-0.3, -0.25) is 4.79 Å². The molecule has 0 bridgehead atoms. The number of anilines is 2. The average Bonchev–Trinajstić information content (AvgIpc) is 2.69. The summed E-state index contributed by atoms with van der Waals surface area (Å²) < 4.78 is 0. The van der Waals surface area contributed by atoms with Crippen LogP contribution >= 0.6 is 0 Å². The summed E-state index contributed by atoms with van der Waals surface area (Å²) in [5, 5.41) is 2.89. The Bertz CT molecular complexity index is 471. The fourth-order valence-corrected chi connectivity index (χ4v) is 2.72. The van der Waals surface area contributed by atoms with Gasteiger partial charge in [0.25, 0.3) is 0 Å². The number of hydrogen-bond acceptors (Lipinski definition) is 3. The number of amides is 1. The van der Waals surface area contributed by atoms with Gasteiger partial charge in [-0.15, -0.1) is 0 Å². The monoisotopic (exact) mass is 275 g/mol. The third kappa shape index (κ3) is 4.53. The smallest absolute Gasteiger partial charge is 0.224 e. The molecule has 20 heavy (non-hydrogen) atoms. The third-order valence-corrected chi connectivity index (χ3v) is 3.81. The second kappa shape index (κ2) is 6.27. The molecule has 0 aliphatic carbocycles. The molecule has 1 aliphatic heterocycles. The molecule has 3 N–H and O–H groups in total. The van der Waals surface area contributed by atoms with Gasteiger partial charge in [-0.2, -0.15) is 0 Å². The molecular formula is C16H25N3O. The Balaban J connectivity index is 1.68. The quantitative estimate of drug-likeness (QED) is 0.812. The van der Waals surface area contributed by atoms with E-state index in [4.69, 9.17) is 5.73 Å². The zero-order chi connectivity index (χ0) is 14.6. The predicted octanol–water partition coefficient (Wildman–Crippen LogP) is 2.72. The van der Waals surface area contributed by atoms with Gasteiger partial charge in [0.15, 0.2) is 0 Å². The van der Waals surface area contributed by atoms with Crippen molar-refractivity contribution in [2.45, 2.75) is 33.1 Å². The first-order valence-corrected chi connectivity index (χ1v) is 7.32. The first kappa shape index (κ1) is 14.9. The normalized spacial score (nSPS) is 18.1. The van der Waals surface area contributed by atoms with Crippen LogP contribution in [0.3, 0.4) is 0 Å². The van der Waals surface area contributed by atoms with Gasteiger partial charge in [0.05, 0.1) is 0 Å². The summed E-state index contributed by atoms with van der Waals surface area (Å²) in [6.07, 6.45) is 2.72. The molecule has 0 spiro atoms. The Labute approximate surface area is 121 Å². The van der Waals surface area contributed by atoms with Crippen molar-refractivity contribution in [3.8, 4) is 0 Å². The van der Waals surface area contributed by atoms with Crippen molar-refractivity contribution in [1.29, 1.82) is 0 Å². The minimum Gasteiger partial charge on any atom is -0.399 e. The fourth-order valence-electron chi connectivity index (χ4n) is 2.72. The maximum atomic E-state index is 11.9. The summed E-state index contributed by atoms with van der Waals surface area (Å²) in [6.45, 7) is 7.92. The summed E-state index contributed by atoms with van der Waals surface area (Å²) in [5.74, 6) is 0.0639. The van der Waals surface area contributed by atoms with E-state index in [1.807, 2.05) is 18.2 Å². The molecule has 2 rings (SSSR count). The number of nitrogens with two attached hydrogens (primary N) is 1. The average molecular weight is 275 g/mol. The highest BCUT2D eigenvalue weighted by Crippen LogP contribution is 2.28. The minimum absolute atomic E-state index is 0.0639. The van der Waals surface area contributed by atoms with Crippen LogP contribution in [-0.2, 0) is 4.79 Å². The van der Waals surface area contributed by atoms with E-state index < -0.39 is 0 Å². The number of likely N-dealkylation sites (tertiary alicyclic amines) is 1. The summed E-state index contributed by atoms with van der Waals surface area (Å²) in [4.78, 5) is 14.3. The molecule has 1 aromatic carbocycles. The highest BCUT2D eigenvalue weighted by molar-refractivity contribution is 5.91. The van der Waals surface area contributed by atoms with Crippen molar-refractivity contribution in [2.75, 3.05) is 30.7 Å². The highest BCUT2D eigenvalue weighted by Gasteiger charge is 2.28. The molecule has 0 radical (unpaired) electrons. The van der Waals surface area contributed by atoms with Crippen molar-refractivity contribution in [2.24, 2.45) is 5.41 Å². The van der Waals surface area contributed by atoms with Crippen LogP contribution in [0.15, 0.2) is 24.3 Å². The van der Waals surface area contributed by atoms with Crippen molar-refractivity contribution in [1.82, 2.24) is 4.90 Å². The Morgan fingerprint density at radius 3 is 2.90 bits per heavy atom. The Morgan fingerprint density at radius 1 is 1.45 bits per heavy atom. The van der Waals surface area contributed by atoms with Gasteiger partial charge in [0.2, 0.25) is 5.91 Å². The lowest BCUT2D eigenvalue weighted by atomic mass is 9.93. The van der Waals surface area contributed by atoms with E-state index in [2.05, 4.69) is 24.1 Å². The van der Waals surface area contributed by atoms with Crippen LogP contribution in [0.4, 0.5) is 11.4 Å². The highest BCUT2D eigenvalue weighted by atomic mass is 16.1. The number of rotatable bonds is 5. The van der Waals surface area contributed by atoms with Crippen LogP contribution in [-0.4, -0.2) is 30.4 Å². The third-order valence-electron chi connectivity index (χ3n) is 3.81. The maximum Gasteiger partial charge on any atom is 0.224 e. The molecule has 0 unspecified atom stereocenters. The Morgan fingerprint density at radius 2 is 2.25 bits per heavy atom. The van der Waals surface area contributed by atoms with E-state index in [0.29, 0.717) is 17.5 Å². The van der Waals surface area contributed by atoms with Crippen molar-refractivity contribution < 1.29 is 4.79 Å². The van der Waals surface area contributed by atoms with E-state index in [0.717, 1.165) is 31.7 Å². The maximum absolute atomic E-state index is 11.9. The first-order valence-electron chi connectivity index (χ1n) is 7.32. The largest absolute Gasteiger partial charge is 0.399 e. The van der Waals surface area contributed by atoms with Crippen LogP contribution in [0, 0.1) is 5.41 Å². The van der Waals surface area contributed by atoms with Gasteiger partial charge in [-0.1, -0.05) is 19.9 Å². The molecule has 0 atom stereocenters. The molecule has 0 saturated carbocycles. The van der Waals surface area contributed by atoms with E-state index in [-0.39, 0.29) is 5.91 Å². The molecule has 1 aliphatic rings. The van der Waals surface area contributed by atoms with E-state index >= 15 is 0 Å². The van der Waals surface area contributed by atoms with Gasteiger partial charge in [0.1, 0.15) is 0 Å². The molecule has 1 heterocycles. The lowest BCUT2D eigenvalue weighted by Gasteiger charge is -2.19. The van der Waals surface area contributed by atoms with E-state index in [1.165, 1.54) is 6.42 Å². The lowest BCUT2D eigenvalue weighted by Crippen LogP contribution is -2.25. The molecular weight excluding hydrogens is 250 g/mol. The van der Waals surface area contributed by atoms with Gasteiger partial charge in [0, 0.05) is 24.3 Å². The second-order valence-electron chi connectivity index (χ2n) is 6.47. The van der Waals surface area contributed by atoms with Crippen molar-refractivity contribution in [3.05, 3.63) is 24.3 Å². The molecule has 1 saturated heterocycles. The standard InChI is InChI=1S/C16H25N3O/c1-16(2)8-10-19(12-16)9-4-7-15(20)18-14-6-3-5-13(17)11-14/h3,5-6,11H,4,7-10,12,17H2,1-2H3,(H,18,20). The second-order valence-corrected chi connectivity index (χ2v) is 6.47. The Kier molecular flexibility index (Phi) is 4.65. The summed E-state index contributed by atoms with van der Waals surface area (Å²) in [6, 6.07) is 7.29. The summed E-state index contributed by atoms with van der Waals surface area (Å²) in [5.41, 5.74) is 7.56. The number of nitrogen functional groups attached to an aromatic ring is 1. The number of nitrogens with one attached hydrogen (secondary N) is 1. The minimum atomic E-state index is 0.0639. The first-order chi connectivity index (χ1) is 9.44. The predicted molar refractivity (Wildman–Crippen MR) is 83.6 cm³/mol. The topological polar surface area (TPSA) is 58.4 Å². The van der Waals surface area contributed by atoms with Crippen LogP contribution in [0.5, 0.6) is 0 Å². The molecule has 4 heteroatoms. The number of benzene rings is 1. The molecule has 1 amide bonds. The van der Waals surface area contributed by atoms with Crippen molar-refractivity contribution in [3.63, 3.8) is 0 Å². The molecule has 0 aromatic heterocycles. The summed E-state index contributed by atoms with van der Waals surface area (Å²) >= 11 is 0. The van der Waals surface area contributed by atoms with Crippen LogP contribution in [0.1, 0.15) is 33.1 Å². The summed E-state index contributed by atoms with van der Waals surface area (Å²) in [7, 11) is 0. The zero-order valence-corrected chi connectivity index (χ0v) is 12.5. The molecule has 1 aromatic rings. The van der Waals surface area contributed by atoms with Gasteiger partial charge in [-0.05, 0) is 49.5 Å². The fraction of sp³-hybridized carbons (Fsp3) is 0.562. The molecule has 1 fully saturated rings. The SMILES string of the molecule is CC1(C)CCN(CCCC(=O)Nc2cccc(N)c2)C1. The van der Waals surface area contributed by atoms with E-state index in [9.17, 15) is 4.79 Å². The zero-order valence-electron chi connectivity index (χ0n) is 12.5. The van der Waals surface area contributed by atoms with Gasteiger partial charge < -0.3 is 16.0 Å². The Hall–Kier alpha value is -1.55. The van der Waals surface area contributed by atoms with Gasteiger partial charge >= 0.3 is 0 Å². The molecule has 4 nitrogen and oxygen atoms in total. The van der Waals surface area contributed by atoms with Crippen LogP contribution in [0.25, 0.3) is 0 Å². The van der Waals surface area contributed by atoms with Crippen LogP contribution < -0.4 is 11.1 Å². The van der Waals surface area contributed by atoms with Crippen molar-refractivity contribution >= 4 is 17.3 Å². The lowest BCUT2D eigenvalue weighted by molar-refractivity contribution is -0.116. The van der Waals surface area contributed by atoms with Crippen LogP contribution in [0.2, 0.25) is 0 Å². The van der Waals surface area contributed by atoms with E-state index in [1.54, 1.807) is 6.07 Å². The van der Waals surface area contributed by atoms with Gasteiger partial charge in [-0.25, -0.2) is 0 Å². The number of carbonyl (C=O) groups is 1. The number of nitrogens with zero attached hydrogens (tertiary/aromatic N) is 1.